The molecule has 0 bridgehead atoms. The number of anilines is 1. The number of aromatic nitrogens is 4. The van der Waals surface area contributed by atoms with Crippen molar-refractivity contribution in [2.24, 2.45) is 7.05 Å². The van der Waals surface area contributed by atoms with Gasteiger partial charge in [-0.05, 0) is 20.3 Å². The zero-order valence-corrected chi connectivity index (χ0v) is 15.9. The van der Waals surface area contributed by atoms with E-state index >= 15 is 0 Å². The lowest BCUT2D eigenvalue weighted by atomic mass is 10.3. The molecule has 1 aliphatic rings. The lowest BCUT2D eigenvalue weighted by Crippen LogP contribution is -2.44. The third-order valence-corrected chi connectivity index (χ3v) is 4.64. The van der Waals surface area contributed by atoms with Crippen LogP contribution in [-0.2, 0) is 13.6 Å². The minimum atomic E-state index is -0.144. The molecule has 0 saturated carbocycles. The molecule has 8 nitrogen and oxygen atoms in total. The van der Waals surface area contributed by atoms with Crippen LogP contribution in [0, 0.1) is 11.8 Å². The van der Waals surface area contributed by atoms with Gasteiger partial charge in [0.1, 0.15) is 5.52 Å². The van der Waals surface area contributed by atoms with Crippen molar-refractivity contribution in [3.05, 3.63) is 10.5 Å². The van der Waals surface area contributed by atoms with Crippen molar-refractivity contribution in [2.45, 2.75) is 39.8 Å². The Bertz CT molecular complexity index is 898. The Morgan fingerprint density at radius 3 is 2.69 bits per heavy atom. The fraction of sp³-hybridized carbons (Fsp3) is 0.611. The fourth-order valence-electron chi connectivity index (χ4n) is 2.97. The van der Waals surface area contributed by atoms with Gasteiger partial charge in [0.05, 0.1) is 12.6 Å². The van der Waals surface area contributed by atoms with Crippen molar-refractivity contribution in [2.75, 3.05) is 31.1 Å². The zero-order chi connectivity index (χ0) is 18.7. The molecule has 1 atom stereocenters. The van der Waals surface area contributed by atoms with Crippen LogP contribution in [0.3, 0.4) is 0 Å². The molecule has 1 N–H and O–H groups in total. The number of aryl methyl sites for hydroxylation is 1. The van der Waals surface area contributed by atoms with Crippen molar-refractivity contribution in [3.63, 3.8) is 0 Å². The molecule has 2 aromatic heterocycles. The summed E-state index contributed by atoms with van der Waals surface area (Å²) < 4.78 is 9.07. The Hall–Kier alpha value is -2.53. The van der Waals surface area contributed by atoms with E-state index in [1.165, 1.54) is 0 Å². The molecule has 3 rings (SSSR count). The molecule has 0 radical (unpaired) electrons. The SMILES string of the molecule is CC#CCn1c(=O)n(C)c2nc(OC(C)CC)nc(N3CCNCC3)c21. The molecule has 26 heavy (non-hydrogen) atoms. The smallest absolute Gasteiger partial charge is 0.331 e. The van der Waals surface area contributed by atoms with Gasteiger partial charge in [-0.3, -0.25) is 9.13 Å². The van der Waals surface area contributed by atoms with Gasteiger partial charge in [-0.25, -0.2) is 4.79 Å². The minimum absolute atomic E-state index is 0.00777. The van der Waals surface area contributed by atoms with E-state index in [4.69, 9.17) is 4.74 Å². The second-order valence-electron chi connectivity index (χ2n) is 6.43. The Morgan fingerprint density at radius 1 is 1.31 bits per heavy atom. The molecule has 1 fully saturated rings. The molecule has 0 aromatic carbocycles. The van der Waals surface area contributed by atoms with Gasteiger partial charge in [0, 0.05) is 33.2 Å². The van der Waals surface area contributed by atoms with Gasteiger partial charge in [-0.1, -0.05) is 12.8 Å². The first-order valence-electron chi connectivity index (χ1n) is 9.06. The summed E-state index contributed by atoms with van der Waals surface area (Å²) in [5.74, 6) is 6.57. The maximum absolute atomic E-state index is 12.7. The summed E-state index contributed by atoms with van der Waals surface area (Å²) in [7, 11) is 1.72. The van der Waals surface area contributed by atoms with Gasteiger partial charge in [-0.15, -0.1) is 5.92 Å². The standard InChI is InChI=1S/C18H26N6O2/c1-5-7-10-24-14-15(22(4)18(24)25)20-17(26-13(3)6-2)21-16(14)23-11-8-19-9-12-23/h13,19H,6,8-12H2,1-4H3. The van der Waals surface area contributed by atoms with E-state index in [1.807, 2.05) is 6.92 Å². The molecule has 0 amide bonds. The van der Waals surface area contributed by atoms with Gasteiger partial charge < -0.3 is 15.0 Å². The Kier molecular flexibility index (Phi) is 5.47. The molecular weight excluding hydrogens is 332 g/mol. The monoisotopic (exact) mass is 358 g/mol. The van der Waals surface area contributed by atoms with Crippen LogP contribution in [0.4, 0.5) is 5.82 Å². The maximum atomic E-state index is 12.7. The summed E-state index contributed by atoms with van der Waals surface area (Å²) in [6, 6.07) is 0.315. The lowest BCUT2D eigenvalue weighted by molar-refractivity contribution is 0.200. The highest BCUT2D eigenvalue weighted by Crippen LogP contribution is 2.26. The fourth-order valence-corrected chi connectivity index (χ4v) is 2.97. The normalized spacial score (nSPS) is 15.6. The van der Waals surface area contributed by atoms with Crippen LogP contribution in [0.5, 0.6) is 6.01 Å². The minimum Gasteiger partial charge on any atom is -0.460 e. The molecule has 140 valence electrons. The predicted molar refractivity (Wildman–Crippen MR) is 102 cm³/mol. The summed E-state index contributed by atoms with van der Waals surface area (Å²) in [6.45, 7) is 9.50. The molecule has 0 aliphatic carbocycles. The first kappa shape index (κ1) is 18.3. The summed E-state index contributed by atoms with van der Waals surface area (Å²) in [5.41, 5.74) is 1.16. The number of piperazine rings is 1. The number of ether oxygens (including phenoxy) is 1. The first-order valence-corrected chi connectivity index (χ1v) is 9.06. The number of hydrogen-bond donors (Lipinski definition) is 1. The van der Waals surface area contributed by atoms with Gasteiger partial charge in [-0.2, -0.15) is 9.97 Å². The van der Waals surface area contributed by atoms with Crippen LogP contribution in [0.1, 0.15) is 27.2 Å². The van der Waals surface area contributed by atoms with Crippen molar-refractivity contribution >= 4 is 17.0 Å². The van der Waals surface area contributed by atoms with E-state index in [2.05, 4.69) is 38.9 Å². The third-order valence-electron chi connectivity index (χ3n) is 4.64. The van der Waals surface area contributed by atoms with Gasteiger partial charge in [0.25, 0.3) is 0 Å². The second-order valence-corrected chi connectivity index (χ2v) is 6.43. The number of hydrogen-bond acceptors (Lipinski definition) is 6. The topological polar surface area (TPSA) is 77.2 Å². The van der Waals surface area contributed by atoms with E-state index in [-0.39, 0.29) is 11.8 Å². The number of nitrogens with one attached hydrogen (secondary N) is 1. The molecule has 0 spiro atoms. The molecule has 8 heteroatoms. The van der Waals surface area contributed by atoms with E-state index in [9.17, 15) is 4.79 Å². The molecular formula is C18H26N6O2. The Morgan fingerprint density at radius 2 is 2.04 bits per heavy atom. The highest BCUT2D eigenvalue weighted by molar-refractivity contribution is 5.85. The molecule has 1 unspecified atom stereocenters. The first-order chi connectivity index (χ1) is 12.6. The van der Waals surface area contributed by atoms with Gasteiger partial charge >= 0.3 is 11.7 Å². The predicted octanol–water partition coefficient (Wildman–Crippen LogP) is 0.740. The van der Waals surface area contributed by atoms with E-state index in [1.54, 1.807) is 23.1 Å². The van der Waals surface area contributed by atoms with E-state index < -0.39 is 0 Å². The Balaban J connectivity index is 2.21. The highest BCUT2D eigenvalue weighted by Gasteiger charge is 2.24. The van der Waals surface area contributed by atoms with E-state index in [0.717, 1.165) is 43.9 Å². The summed E-state index contributed by atoms with van der Waals surface area (Å²) in [4.78, 5) is 24.1. The van der Waals surface area contributed by atoms with E-state index in [0.29, 0.717) is 18.2 Å². The largest absolute Gasteiger partial charge is 0.460 e. The quantitative estimate of drug-likeness (QED) is 0.795. The van der Waals surface area contributed by atoms with Gasteiger partial charge in [0.2, 0.25) is 0 Å². The van der Waals surface area contributed by atoms with Crippen LogP contribution < -0.4 is 20.6 Å². The van der Waals surface area contributed by atoms with Crippen LogP contribution in [0.25, 0.3) is 11.2 Å². The molecule has 1 saturated heterocycles. The Labute approximate surface area is 153 Å². The number of rotatable bonds is 5. The van der Waals surface area contributed by atoms with Crippen molar-refractivity contribution in [1.29, 1.82) is 0 Å². The summed E-state index contributed by atoms with van der Waals surface area (Å²) >= 11 is 0. The molecule has 3 heterocycles. The lowest BCUT2D eigenvalue weighted by Gasteiger charge is -2.29. The summed E-state index contributed by atoms with van der Waals surface area (Å²) in [5, 5.41) is 3.34. The molecule has 2 aromatic rings. The van der Waals surface area contributed by atoms with Crippen molar-refractivity contribution in [3.8, 4) is 17.9 Å². The van der Waals surface area contributed by atoms with Crippen LogP contribution >= 0.6 is 0 Å². The molecule has 1 aliphatic heterocycles. The van der Waals surface area contributed by atoms with Crippen LogP contribution in [0.2, 0.25) is 0 Å². The number of nitrogens with zero attached hydrogens (tertiary/aromatic N) is 5. The van der Waals surface area contributed by atoms with Crippen LogP contribution in [0.15, 0.2) is 4.79 Å². The zero-order valence-electron chi connectivity index (χ0n) is 15.9. The van der Waals surface area contributed by atoms with Crippen molar-refractivity contribution < 1.29 is 4.74 Å². The number of fused-ring (bicyclic) bond motifs is 1. The van der Waals surface area contributed by atoms with Crippen molar-refractivity contribution in [1.82, 2.24) is 24.4 Å². The van der Waals surface area contributed by atoms with Crippen LogP contribution in [-0.4, -0.2) is 51.4 Å². The summed E-state index contributed by atoms with van der Waals surface area (Å²) in [6.07, 6.45) is 0.865. The average molecular weight is 358 g/mol. The second kappa shape index (κ2) is 7.79. The average Bonchev–Trinajstić information content (AvgIpc) is 2.91. The number of imidazole rings is 1. The maximum Gasteiger partial charge on any atom is 0.331 e. The van der Waals surface area contributed by atoms with Gasteiger partial charge in [0.15, 0.2) is 11.5 Å². The highest BCUT2D eigenvalue weighted by atomic mass is 16.5. The third kappa shape index (κ3) is 3.40.